The number of fused-ring (bicyclic) bond motifs is 2. The van der Waals surface area contributed by atoms with Gasteiger partial charge in [0.15, 0.2) is 0 Å². The van der Waals surface area contributed by atoms with Gasteiger partial charge in [-0.2, -0.15) is 0 Å². The van der Waals surface area contributed by atoms with Crippen LogP contribution >= 0.6 is 0 Å². The van der Waals surface area contributed by atoms with E-state index >= 15 is 0 Å². The predicted octanol–water partition coefficient (Wildman–Crippen LogP) is 2.70. The summed E-state index contributed by atoms with van der Waals surface area (Å²) < 4.78 is 5.20. The monoisotopic (exact) mass is 248 g/mol. The minimum Gasteiger partial charge on any atom is -0.425 e. The van der Waals surface area contributed by atoms with E-state index in [1.165, 1.54) is 12.0 Å². The Bertz CT molecular complexity index is 488. The van der Waals surface area contributed by atoms with Crippen LogP contribution < -0.4 is 0 Å². The number of esters is 1. The molecule has 1 fully saturated rings. The van der Waals surface area contributed by atoms with Crippen molar-refractivity contribution in [3.05, 3.63) is 22.8 Å². The fourth-order valence-electron chi connectivity index (χ4n) is 3.68. The first kappa shape index (κ1) is 12.0. The van der Waals surface area contributed by atoms with Crippen molar-refractivity contribution in [2.75, 3.05) is 0 Å². The van der Waals surface area contributed by atoms with Crippen molar-refractivity contribution >= 4 is 5.97 Å². The molecule has 2 aliphatic carbocycles. The number of allylic oxidation sites excluding steroid dienone is 1. The summed E-state index contributed by atoms with van der Waals surface area (Å²) in [5.74, 6) is -1.13. The van der Waals surface area contributed by atoms with Crippen molar-refractivity contribution in [3.63, 3.8) is 0 Å². The molecule has 1 heterocycles. The summed E-state index contributed by atoms with van der Waals surface area (Å²) in [6.45, 7) is 6.29. The smallest absolute Gasteiger partial charge is 0.336 e. The van der Waals surface area contributed by atoms with Gasteiger partial charge >= 0.3 is 5.97 Å². The minimum atomic E-state index is -1.36. The zero-order chi connectivity index (χ0) is 13.1. The van der Waals surface area contributed by atoms with E-state index in [1.807, 2.05) is 0 Å². The Morgan fingerprint density at radius 1 is 1.44 bits per heavy atom. The summed E-state index contributed by atoms with van der Waals surface area (Å²) in [6.07, 6.45) is 5.67. The Balaban J connectivity index is 2.09. The molecule has 3 rings (SSSR count). The normalized spacial score (nSPS) is 43.2. The fourth-order valence-corrected chi connectivity index (χ4v) is 3.68. The molecule has 0 aromatic heterocycles. The van der Waals surface area contributed by atoms with Gasteiger partial charge in [0.05, 0.1) is 0 Å². The van der Waals surface area contributed by atoms with Crippen molar-refractivity contribution in [1.82, 2.24) is 0 Å². The molecule has 0 aromatic carbocycles. The lowest BCUT2D eigenvalue weighted by Gasteiger charge is -2.48. The largest absolute Gasteiger partial charge is 0.425 e. The van der Waals surface area contributed by atoms with Crippen LogP contribution in [0.1, 0.15) is 46.5 Å². The van der Waals surface area contributed by atoms with E-state index in [1.54, 1.807) is 6.92 Å². The molecule has 0 amide bonds. The van der Waals surface area contributed by atoms with Gasteiger partial charge in [0, 0.05) is 17.6 Å². The van der Waals surface area contributed by atoms with Gasteiger partial charge in [-0.05, 0) is 37.5 Å². The Hall–Kier alpha value is -1.09. The molecule has 3 unspecified atom stereocenters. The maximum Gasteiger partial charge on any atom is 0.336 e. The van der Waals surface area contributed by atoms with E-state index in [0.29, 0.717) is 17.9 Å². The van der Waals surface area contributed by atoms with Crippen LogP contribution in [0, 0.1) is 11.3 Å². The highest BCUT2D eigenvalue weighted by Gasteiger charge is 2.55. The predicted molar refractivity (Wildman–Crippen MR) is 67.6 cm³/mol. The van der Waals surface area contributed by atoms with Gasteiger partial charge in [0.25, 0.3) is 0 Å². The maximum atomic E-state index is 11.7. The summed E-state index contributed by atoms with van der Waals surface area (Å²) in [5.41, 5.74) is 2.75. The first-order valence-corrected chi connectivity index (χ1v) is 6.72. The van der Waals surface area contributed by atoms with E-state index in [0.717, 1.165) is 18.4 Å². The summed E-state index contributed by atoms with van der Waals surface area (Å²) in [7, 11) is 0. The second kappa shape index (κ2) is 3.47. The Morgan fingerprint density at radius 3 is 2.89 bits per heavy atom. The van der Waals surface area contributed by atoms with E-state index in [9.17, 15) is 9.90 Å². The molecule has 3 heteroatoms. The third-order valence-electron chi connectivity index (χ3n) is 5.28. The van der Waals surface area contributed by atoms with Gasteiger partial charge < -0.3 is 9.84 Å². The molecule has 18 heavy (non-hydrogen) atoms. The number of ether oxygens (including phenoxy) is 1. The standard InChI is InChI=1S/C15H20O3/c1-9-5-4-6-11-7-15(17)12(8-14(9,11)3)10(2)13(16)18-15/h6,9,17H,4-5,7-8H2,1-3H3. The lowest BCUT2D eigenvalue weighted by Crippen LogP contribution is -2.45. The highest BCUT2D eigenvalue weighted by Crippen LogP contribution is 2.57. The van der Waals surface area contributed by atoms with Crippen molar-refractivity contribution in [2.24, 2.45) is 11.3 Å². The number of rotatable bonds is 0. The lowest BCUT2D eigenvalue weighted by atomic mass is 9.58. The van der Waals surface area contributed by atoms with E-state index in [4.69, 9.17) is 4.74 Å². The Kier molecular flexibility index (Phi) is 2.31. The molecule has 1 aliphatic heterocycles. The highest BCUT2D eigenvalue weighted by atomic mass is 16.7. The number of hydrogen-bond acceptors (Lipinski definition) is 3. The van der Waals surface area contributed by atoms with Crippen LogP contribution in [0.3, 0.4) is 0 Å². The van der Waals surface area contributed by atoms with Crippen molar-refractivity contribution < 1.29 is 14.6 Å². The summed E-state index contributed by atoms with van der Waals surface area (Å²) in [5, 5.41) is 10.5. The summed E-state index contributed by atoms with van der Waals surface area (Å²) in [6, 6.07) is 0. The van der Waals surface area contributed by atoms with E-state index in [-0.39, 0.29) is 11.4 Å². The van der Waals surface area contributed by atoms with Crippen LogP contribution in [0.2, 0.25) is 0 Å². The van der Waals surface area contributed by atoms with Crippen molar-refractivity contribution in [1.29, 1.82) is 0 Å². The third-order valence-corrected chi connectivity index (χ3v) is 5.28. The molecule has 98 valence electrons. The van der Waals surface area contributed by atoms with E-state index in [2.05, 4.69) is 19.9 Å². The number of carbonyl (C=O) groups excluding carboxylic acids is 1. The molecule has 3 aliphatic rings. The highest BCUT2D eigenvalue weighted by molar-refractivity contribution is 5.92. The molecule has 3 atom stereocenters. The first-order valence-electron chi connectivity index (χ1n) is 6.72. The van der Waals surface area contributed by atoms with Crippen LogP contribution in [0.15, 0.2) is 22.8 Å². The fraction of sp³-hybridized carbons (Fsp3) is 0.667. The molecular formula is C15H20O3. The van der Waals surface area contributed by atoms with Crippen LogP contribution in [-0.4, -0.2) is 16.9 Å². The molecule has 0 aromatic rings. The second-order valence-electron chi connectivity index (χ2n) is 6.26. The van der Waals surface area contributed by atoms with Crippen LogP contribution in [0.4, 0.5) is 0 Å². The van der Waals surface area contributed by atoms with Gasteiger partial charge in [0.2, 0.25) is 5.79 Å². The maximum absolute atomic E-state index is 11.7. The average molecular weight is 248 g/mol. The number of aliphatic hydroxyl groups is 1. The van der Waals surface area contributed by atoms with E-state index < -0.39 is 5.79 Å². The molecule has 0 radical (unpaired) electrons. The van der Waals surface area contributed by atoms with Gasteiger partial charge in [0.1, 0.15) is 0 Å². The number of hydrogen-bond donors (Lipinski definition) is 1. The zero-order valence-corrected chi connectivity index (χ0v) is 11.2. The molecule has 1 saturated carbocycles. The summed E-state index contributed by atoms with van der Waals surface area (Å²) >= 11 is 0. The van der Waals surface area contributed by atoms with Crippen LogP contribution in [0.5, 0.6) is 0 Å². The quantitative estimate of drug-likeness (QED) is 0.529. The van der Waals surface area contributed by atoms with Crippen LogP contribution in [0.25, 0.3) is 0 Å². The molecule has 0 bridgehead atoms. The Morgan fingerprint density at radius 2 is 2.17 bits per heavy atom. The SMILES string of the molecule is CC1=C2CC3(C)C(=CCCC3C)CC2(O)OC1=O. The second-order valence-corrected chi connectivity index (χ2v) is 6.26. The van der Waals surface area contributed by atoms with Crippen molar-refractivity contribution in [2.45, 2.75) is 52.2 Å². The van der Waals surface area contributed by atoms with Crippen LogP contribution in [-0.2, 0) is 9.53 Å². The number of carbonyl (C=O) groups is 1. The van der Waals surface area contributed by atoms with Gasteiger partial charge in [-0.1, -0.05) is 25.5 Å². The zero-order valence-electron chi connectivity index (χ0n) is 11.2. The van der Waals surface area contributed by atoms with Gasteiger partial charge in [-0.15, -0.1) is 0 Å². The molecule has 0 spiro atoms. The average Bonchev–Trinajstić information content (AvgIpc) is 2.50. The topological polar surface area (TPSA) is 46.5 Å². The van der Waals surface area contributed by atoms with Gasteiger partial charge in [-0.25, -0.2) is 4.79 Å². The van der Waals surface area contributed by atoms with Gasteiger partial charge in [-0.3, -0.25) is 0 Å². The molecule has 3 nitrogen and oxygen atoms in total. The lowest BCUT2D eigenvalue weighted by molar-refractivity contribution is -0.186. The molecular weight excluding hydrogens is 228 g/mol. The third kappa shape index (κ3) is 1.37. The molecule has 1 N–H and O–H groups in total. The minimum absolute atomic E-state index is 0.0784. The molecule has 0 saturated heterocycles. The first-order chi connectivity index (χ1) is 8.37. The summed E-state index contributed by atoms with van der Waals surface area (Å²) in [4.78, 5) is 11.7. The Labute approximate surface area is 108 Å². The van der Waals surface area contributed by atoms with Crippen molar-refractivity contribution in [3.8, 4) is 0 Å².